The lowest BCUT2D eigenvalue weighted by Crippen LogP contribution is -2.54. The Morgan fingerprint density at radius 3 is 2.42 bits per heavy atom. The van der Waals surface area contributed by atoms with Crippen molar-refractivity contribution in [3.63, 3.8) is 0 Å². The highest BCUT2D eigenvalue weighted by molar-refractivity contribution is 5.86. The van der Waals surface area contributed by atoms with Crippen LogP contribution in [-0.2, 0) is 4.79 Å². The molecular weight excluding hydrogens is 150 g/mol. The molecule has 0 aromatic heterocycles. The van der Waals surface area contributed by atoms with Crippen molar-refractivity contribution in [3.05, 3.63) is 0 Å². The first kappa shape index (κ1) is 8.09. The molecule has 0 radical (unpaired) electrons. The van der Waals surface area contributed by atoms with Crippen LogP contribution in [0.3, 0.4) is 0 Å². The van der Waals surface area contributed by atoms with Gasteiger partial charge >= 0.3 is 0 Å². The van der Waals surface area contributed by atoms with Crippen LogP contribution in [0.5, 0.6) is 0 Å². The van der Waals surface area contributed by atoms with Crippen LogP contribution in [0.1, 0.15) is 33.6 Å². The molecule has 2 fully saturated rings. The average molecular weight is 167 g/mol. The van der Waals surface area contributed by atoms with Crippen LogP contribution >= 0.6 is 0 Å². The van der Waals surface area contributed by atoms with Crippen LogP contribution in [-0.4, -0.2) is 11.9 Å². The summed E-state index contributed by atoms with van der Waals surface area (Å²) >= 11 is 0. The topological polar surface area (TPSA) is 29.1 Å². The molecule has 1 saturated carbocycles. The molecule has 1 heterocycles. The maximum Gasteiger partial charge on any atom is 0.225 e. The highest BCUT2D eigenvalue weighted by Gasteiger charge is 2.49. The van der Waals surface area contributed by atoms with Gasteiger partial charge in [-0.25, -0.2) is 0 Å². The number of β-lactam (4-membered cyclic amide) rings is 1. The lowest BCUT2D eigenvalue weighted by Gasteiger charge is -2.30. The quantitative estimate of drug-likeness (QED) is 0.545. The second-order valence-corrected chi connectivity index (χ2v) is 5.26. The van der Waals surface area contributed by atoms with E-state index in [9.17, 15) is 4.79 Å². The standard InChI is InChI=1S/C10H17NO/c1-10(2,3)6-4-7-8(5-6)11-9(7)12/h6-8H,4-5H2,1-3H3,(H,11,12). The lowest BCUT2D eigenvalue weighted by atomic mass is 9.79. The molecule has 1 aliphatic carbocycles. The number of nitrogens with one attached hydrogen (secondary N) is 1. The van der Waals surface area contributed by atoms with E-state index in [4.69, 9.17) is 0 Å². The molecular formula is C10H17NO. The lowest BCUT2D eigenvalue weighted by molar-refractivity contribution is -0.133. The molecule has 1 aliphatic heterocycles. The van der Waals surface area contributed by atoms with Gasteiger partial charge < -0.3 is 5.32 Å². The summed E-state index contributed by atoms with van der Waals surface area (Å²) in [5, 5.41) is 2.97. The van der Waals surface area contributed by atoms with Crippen LogP contribution in [0.4, 0.5) is 0 Å². The molecule has 1 amide bonds. The van der Waals surface area contributed by atoms with Crippen LogP contribution < -0.4 is 5.32 Å². The zero-order valence-electron chi connectivity index (χ0n) is 8.05. The zero-order chi connectivity index (χ0) is 8.93. The van der Waals surface area contributed by atoms with Crippen molar-refractivity contribution in [2.45, 2.75) is 39.7 Å². The minimum Gasteiger partial charge on any atom is -0.352 e. The molecule has 12 heavy (non-hydrogen) atoms. The summed E-state index contributed by atoms with van der Waals surface area (Å²) in [4.78, 5) is 11.1. The van der Waals surface area contributed by atoms with Crippen LogP contribution in [0.15, 0.2) is 0 Å². The first-order valence-corrected chi connectivity index (χ1v) is 4.79. The highest BCUT2D eigenvalue weighted by atomic mass is 16.2. The molecule has 3 atom stereocenters. The summed E-state index contributed by atoms with van der Waals surface area (Å²) in [6.07, 6.45) is 2.31. The molecule has 2 rings (SSSR count). The van der Waals surface area contributed by atoms with E-state index in [-0.39, 0.29) is 5.91 Å². The summed E-state index contributed by atoms with van der Waals surface area (Å²) in [5.41, 5.74) is 0.374. The summed E-state index contributed by atoms with van der Waals surface area (Å²) in [6, 6.07) is 0.515. The third-order valence-corrected chi connectivity index (χ3v) is 3.45. The van der Waals surface area contributed by atoms with Gasteiger partial charge in [0.05, 0.1) is 5.92 Å². The molecule has 0 spiro atoms. The van der Waals surface area contributed by atoms with Gasteiger partial charge in [-0.3, -0.25) is 4.79 Å². The molecule has 0 bridgehead atoms. The van der Waals surface area contributed by atoms with Gasteiger partial charge in [-0.15, -0.1) is 0 Å². The summed E-state index contributed by atoms with van der Waals surface area (Å²) in [7, 11) is 0. The van der Waals surface area contributed by atoms with Crippen molar-refractivity contribution < 1.29 is 4.79 Å². The summed E-state index contributed by atoms with van der Waals surface area (Å²) in [5.74, 6) is 1.37. The number of carbonyl (C=O) groups excluding carboxylic acids is 1. The van der Waals surface area contributed by atoms with Gasteiger partial charge in [0.15, 0.2) is 0 Å². The van der Waals surface area contributed by atoms with Gasteiger partial charge in [-0.2, -0.15) is 0 Å². The van der Waals surface area contributed by atoms with Crippen molar-refractivity contribution in [2.24, 2.45) is 17.3 Å². The van der Waals surface area contributed by atoms with Crippen molar-refractivity contribution in [2.75, 3.05) is 0 Å². The van der Waals surface area contributed by atoms with Crippen molar-refractivity contribution in [3.8, 4) is 0 Å². The van der Waals surface area contributed by atoms with E-state index in [1.165, 1.54) is 6.42 Å². The molecule has 0 aromatic carbocycles. The van der Waals surface area contributed by atoms with E-state index in [1.54, 1.807) is 0 Å². The number of rotatable bonds is 0. The Bertz CT molecular complexity index is 216. The van der Waals surface area contributed by atoms with E-state index in [0.717, 1.165) is 12.3 Å². The van der Waals surface area contributed by atoms with E-state index in [0.29, 0.717) is 17.4 Å². The van der Waals surface area contributed by atoms with Crippen molar-refractivity contribution in [1.29, 1.82) is 0 Å². The second kappa shape index (κ2) is 2.24. The zero-order valence-corrected chi connectivity index (χ0v) is 8.05. The fourth-order valence-electron chi connectivity index (χ4n) is 2.39. The number of amides is 1. The normalized spacial score (nSPS) is 40.2. The molecule has 2 nitrogen and oxygen atoms in total. The van der Waals surface area contributed by atoms with Crippen molar-refractivity contribution >= 4 is 5.91 Å². The fraction of sp³-hybridized carbons (Fsp3) is 0.900. The first-order valence-electron chi connectivity index (χ1n) is 4.79. The predicted molar refractivity (Wildman–Crippen MR) is 47.6 cm³/mol. The predicted octanol–water partition coefficient (Wildman–Crippen LogP) is 1.56. The molecule has 2 aliphatic rings. The third-order valence-electron chi connectivity index (χ3n) is 3.45. The third kappa shape index (κ3) is 1.05. The van der Waals surface area contributed by atoms with E-state index in [1.807, 2.05) is 0 Å². The first-order chi connectivity index (χ1) is 5.48. The van der Waals surface area contributed by atoms with E-state index >= 15 is 0 Å². The second-order valence-electron chi connectivity index (χ2n) is 5.26. The molecule has 1 saturated heterocycles. The van der Waals surface area contributed by atoms with Gasteiger partial charge in [-0.1, -0.05) is 20.8 Å². The number of hydrogen-bond acceptors (Lipinski definition) is 1. The van der Waals surface area contributed by atoms with Gasteiger partial charge in [0.2, 0.25) is 5.91 Å². The fourth-order valence-corrected chi connectivity index (χ4v) is 2.39. The maximum absolute atomic E-state index is 11.1. The molecule has 2 heteroatoms. The van der Waals surface area contributed by atoms with Crippen LogP contribution in [0.25, 0.3) is 0 Å². The van der Waals surface area contributed by atoms with Gasteiger partial charge in [0, 0.05) is 6.04 Å². The molecule has 1 N–H and O–H groups in total. The minimum atomic E-state index is 0.284. The summed E-state index contributed by atoms with van der Waals surface area (Å²) < 4.78 is 0. The maximum atomic E-state index is 11.1. The van der Waals surface area contributed by atoms with E-state index < -0.39 is 0 Å². The minimum absolute atomic E-state index is 0.284. The monoisotopic (exact) mass is 167 g/mol. The Morgan fingerprint density at radius 2 is 2.00 bits per heavy atom. The Kier molecular flexibility index (Phi) is 1.51. The van der Waals surface area contributed by atoms with Crippen LogP contribution in [0.2, 0.25) is 0 Å². The Labute approximate surface area is 73.7 Å². The number of fused-ring (bicyclic) bond motifs is 1. The summed E-state index contributed by atoms with van der Waals surface area (Å²) in [6.45, 7) is 6.81. The smallest absolute Gasteiger partial charge is 0.225 e. The average Bonchev–Trinajstić information content (AvgIpc) is 2.24. The Balaban J connectivity index is 2.03. The van der Waals surface area contributed by atoms with Gasteiger partial charge in [0.1, 0.15) is 0 Å². The largest absolute Gasteiger partial charge is 0.352 e. The number of carbonyl (C=O) groups is 1. The number of hydrogen-bond donors (Lipinski definition) is 1. The van der Waals surface area contributed by atoms with Gasteiger partial charge in [0.25, 0.3) is 0 Å². The molecule has 0 aromatic rings. The Hall–Kier alpha value is -0.530. The van der Waals surface area contributed by atoms with Crippen LogP contribution in [0, 0.1) is 17.3 Å². The van der Waals surface area contributed by atoms with Crippen molar-refractivity contribution in [1.82, 2.24) is 5.32 Å². The SMILES string of the molecule is CC(C)(C)C1CC2NC(=O)C2C1. The Morgan fingerprint density at radius 1 is 1.33 bits per heavy atom. The van der Waals surface area contributed by atoms with Gasteiger partial charge in [-0.05, 0) is 24.2 Å². The van der Waals surface area contributed by atoms with E-state index in [2.05, 4.69) is 26.1 Å². The molecule has 3 unspecified atom stereocenters. The molecule has 68 valence electrons. The highest BCUT2D eigenvalue weighted by Crippen LogP contribution is 2.45.